The molecule has 29 heavy (non-hydrogen) atoms. The van der Waals surface area contributed by atoms with Crippen LogP contribution in [0.25, 0.3) is 0 Å². The van der Waals surface area contributed by atoms with Gasteiger partial charge < -0.3 is 24.7 Å². The molecule has 0 saturated heterocycles. The summed E-state index contributed by atoms with van der Waals surface area (Å²) in [5, 5.41) is 26.8. The van der Waals surface area contributed by atoms with E-state index in [4.69, 9.17) is 14.3 Å². The van der Waals surface area contributed by atoms with E-state index < -0.39 is 12.1 Å². The molecule has 0 spiro atoms. The standard InChI is InChI=1S/C21H23N3O5/c25-19-9-14(12-24-13-15(10-23-24)21(26)27)8-18(19)22-11-17-6-7-20(29-17)28-16-4-2-1-3-5-16/h1-7,10,13-14,18-19,22,25H,8-9,11-12H2,(H,26,27)/t14?,18-,19-/m1/s1. The van der Waals surface area contributed by atoms with Gasteiger partial charge in [-0.05, 0) is 37.0 Å². The van der Waals surface area contributed by atoms with Gasteiger partial charge in [-0.1, -0.05) is 18.2 Å². The van der Waals surface area contributed by atoms with Crippen molar-refractivity contribution >= 4 is 5.97 Å². The highest BCUT2D eigenvalue weighted by Gasteiger charge is 2.33. The molecule has 1 aromatic carbocycles. The van der Waals surface area contributed by atoms with Crippen LogP contribution in [0.3, 0.4) is 0 Å². The molecule has 2 heterocycles. The van der Waals surface area contributed by atoms with Gasteiger partial charge in [0, 0.05) is 24.8 Å². The Kier molecular flexibility index (Phi) is 5.64. The first kappa shape index (κ1) is 19.2. The second-order valence-electron chi connectivity index (χ2n) is 7.28. The van der Waals surface area contributed by atoms with Crippen LogP contribution in [0.5, 0.6) is 11.7 Å². The number of nitrogens with one attached hydrogen (secondary N) is 1. The molecular weight excluding hydrogens is 374 g/mol. The summed E-state index contributed by atoms with van der Waals surface area (Å²) in [6.45, 7) is 1.07. The lowest BCUT2D eigenvalue weighted by Crippen LogP contribution is -2.35. The van der Waals surface area contributed by atoms with Crippen LogP contribution in [-0.2, 0) is 13.1 Å². The third-order valence-corrected chi connectivity index (χ3v) is 5.09. The van der Waals surface area contributed by atoms with Crippen molar-refractivity contribution in [2.45, 2.75) is 38.1 Å². The number of nitrogens with zero attached hydrogens (tertiary/aromatic N) is 2. The Morgan fingerprint density at radius 3 is 2.83 bits per heavy atom. The molecule has 0 bridgehead atoms. The lowest BCUT2D eigenvalue weighted by atomic mass is 10.1. The van der Waals surface area contributed by atoms with E-state index in [1.807, 2.05) is 36.4 Å². The molecule has 0 amide bonds. The lowest BCUT2D eigenvalue weighted by Gasteiger charge is -2.15. The minimum absolute atomic E-state index is 0.0573. The van der Waals surface area contributed by atoms with Crippen LogP contribution in [0.15, 0.2) is 59.3 Å². The second kappa shape index (κ2) is 8.50. The van der Waals surface area contributed by atoms with Crippen molar-refractivity contribution in [2.75, 3.05) is 0 Å². The van der Waals surface area contributed by atoms with Crippen molar-refractivity contribution in [1.29, 1.82) is 0 Å². The van der Waals surface area contributed by atoms with Crippen LogP contribution < -0.4 is 10.1 Å². The smallest absolute Gasteiger partial charge is 0.338 e. The van der Waals surface area contributed by atoms with Crippen molar-refractivity contribution < 1.29 is 24.2 Å². The number of para-hydroxylation sites is 1. The van der Waals surface area contributed by atoms with Gasteiger partial charge in [0.1, 0.15) is 11.5 Å². The summed E-state index contributed by atoms with van der Waals surface area (Å²) in [5.41, 5.74) is 0.171. The van der Waals surface area contributed by atoms with E-state index in [2.05, 4.69) is 10.4 Å². The number of aliphatic hydroxyl groups is 1. The quantitative estimate of drug-likeness (QED) is 0.536. The van der Waals surface area contributed by atoms with E-state index in [1.54, 1.807) is 10.7 Å². The summed E-state index contributed by atoms with van der Waals surface area (Å²) < 4.78 is 13.0. The fourth-order valence-corrected chi connectivity index (χ4v) is 3.67. The Hall–Kier alpha value is -3.10. The molecule has 1 fully saturated rings. The highest BCUT2D eigenvalue weighted by atomic mass is 16.6. The normalized spacial score (nSPS) is 21.3. The number of benzene rings is 1. The monoisotopic (exact) mass is 397 g/mol. The van der Waals surface area contributed by atoms with Gasteiger partial charge in [0.2, 0.25) is 0 Å². The predicted octanol–water partition coefficient (Wildman–Crippen LogP) is 2.90. The first-order valence-electron chi connectivity index (χ1n) is 9.55. The highest BCUT2D eigenvalue weighted by Crippen LogP contribution is 2.28. The number of aromatic nitrogens is 2. The zero-order chi connectivity index (χ0) is 20.2. The molecule has 152 valence electrons. The molecule has 3 aromatic rings. The van der Waals surface area contributed by atoms with E-state index in [0.717, 1.165) is 12.2 Å². The summed E-state index contributed by atoms with van der Waals surface area (Å²) in [6, 6.07) is 13.0. The Labute approximate surface area is 167 Å². The van der Waals surface area contributed by atoms with Gasteiger partial charge in [-0.3, -0.25) is 4.68 Å². The Morgan fingerprint density at radius 2 is 2.07 bits per heavy atom. The van der Waals surface area contributed by atoms with Crippen molar-refractivity contribution in [3.63, 3.8) is 0 Å². The Balaban J connectivity index is 1.27. The van der Waals surface area contributed by atoms with Crippen LogP contribution in [0.4, 0.5) is 0 Å². The summed E-state index contributed by atoms with van der Waals surface area (Å²) in [5.74, 6) is 1.09. The molecule has 3 atom stereocenters. The number of aliphatic hydroxyl groups excluding tert-OH is 1. The first-order valence-corrected chi connectivity index (χ1v) is 9.55. The number of carboxylic acids is 1. The molecule has 1 unspecified atom stereocenters. The molecule has 4 rings (SSSR count). The molecular formula is C21H23N3O5. The minimum Gasteiger partial charge on any atom is -0.478 e. The van der Waals surface area contributed by atoms with Crippen molar-refractivity contribution in [3.8, 4) is 11.7 Å². The van der Waals surface area contributed by atoms with Crippen LogP contribution in [0, 0.1) is 5.92 Å². The number of carboxylic acid groups (broad SMARTS) is 1. The van der Waals surface area contributed by atoms with Gasteiger partial charge in [0.05, 0.1) is 24.4 Å². The van der Waals surface area contributed by atoms with E-state index in [-0.39, 0.29) is 17.5 Å². The summed E-state index contributed by atoms with van der Waals surface area (Å²) in [6.07, 6.45) is 3.81. The Bertz CT molecular complexity index is 952. The van der Waals surface area contributed by atoms with Crippen LogP contribution >= 0.6 is 0 Å². The summed E-state index contributed by atoms with van der Waals surface area (Å²) in [4.78, 5) is 11.0. The van der Waals surface area contributed by atoms with E-state index in [0.29, 0.717) is 31.2 Å². The minimum atomic E-state index is -0.990. The number of furan rings is 1. The van der Waals surface area contributed by atoms with Gasteiger partial charge in [-0.15, -0.1) is 0 Å². The lowest BCUT2D eigenvalue weighted by molar-refractivity contribution is 0.0696. The van der Waals surface area contributed by atoms with E-state index in [1.165, 1.54) is 12.4 Å². The van der Waals surface area contributed by atoms with E-state index >= 15 is 0 Å². The SMILES string of the molecule is O=C(O)c1cnn(CC2C[C@@H](O)[C@H](NCc3ccc(Oc4ccccc4)o3)C2)c1. The number of aromatic carboxylic acids is 1. The van der Waals surface area contributed by atoms with Gasteiger partial charge in [0.25, 0.3) is 5.95 Å². The molecule has 2 aromatic heterocycles. The molecule has 8 heteroatoms. The zero-order valence-electron chi connectivity index (χ0n) is 15.8. The zero-order valence-corrected chi connectivity index (χ0v) is 15.8. The molecule has 8 nitrogen and oxygen atoms in total. The number of hydrogen-bond donors (Lipinski definition) is 3. The van der Waals surface area contributed by atoms with Crippen molar-refractivity contribution in [3.05, 3.63) is 66.2 Å². The van der Waals surface area contributed by atoms with Gasteiger partial charge >= 0.3 is 5.97 Å². The fourth-order valence-electron chi connectivity index (χ4n) is 3.67. The fraction of sp³-hybridized carbons (Fsp3) is 0.333. The number of hydrogen-bond acceptors (Lipinski definition) is 6. The molecule has 3 N–H and O–H groups in total. The largest absolute Gasteiger partial charge is 0.478 e. The molecule has 0 radical (unpaired) electrons. The maximum atomic E-state index is 11.0. The van der Waals surface area contributed by atoms with Gasteiger partial charge in [0.15, 0.2) is 0 Å². The maximum absolute atomic E-state index is 11.0. The second-order valence-corrected chi connectivity index (χ2v) is 7.28. The Morgan fingerprint density at radius 1 is 1.24 bits per heavy atom. The summed E-state index contributed by atoms with van der Waals surface area (Å²) in [7, 11) is 0. The van der Waals surface area contributed by atoms with Crippen LogP contribution in [-0.4, -0.2) is 38.1 Å². The average Bonchev–Trinajstić information content (AvgIpc) is 3.42. The first-order chi connectivity index (χ1) is 14.1. The van der Waals surface area contributed by atoms with Crippen LogP contribution in [0.1, 0.15) is 29.0 Å². The third-order valence-electron chi connectivity index (χ3n) is 5.09. The molecule has 1 aliphatic carbocycles. The predicted molar refractivity (Wildman–Crippen MR) is 104 cm³/mol. The number of carbonyl (C=O) groups is 1. The number of rotatable bonds is 8. The van der Waals surface area contributed by atoms with Gasteiger partial charge in [-0.25, -0.2) is 4.79 Å². The van der Waals surface area contributed by atoms with Crippen molar-refractivity contribution in [1.82, 2.24) is 15.1 Å². The topological polar surface area (TPSA) is 110 Å². The summed E-state index contributed by atoms with van der Waals surface area (Å²) >= 11 is 0. The molecule has 0 aliphatic heterocycles. The van der Waals surface area contributed by atoms with Gasteiger partial charge in [-0.2, -0.15) is 5.10 Å². The van der Waals surface area contributed by atoms with Crippen LogP contribution in [0.2, 0.25) is 0 Å². The third kappa shape index (κ3) is 4.85. The highest BCUT2D eigenvalue weighted by molar-refractivity contribution is 5.86. The number of ether oxygens (including phenoxy) is 1. The van der Waals surface area contributed by atoms with Crippen molar-refractivity contribution in [2.24, 2.45) is 5.92 Å². The molecule has 1 aliphatic rings. The average molecular weight is 397 g/mol. The molecule has 1 saturated carbocycles. The maximum Gasteiger partial charge on any atom is 0.338 e. The van der Waals surface area contributed by atoms with E-state index in [9.17, 15) is 9.90 Å².